The molecule has 1 unspecified atom stereocenters. The van der Waals surface area contributed by atoms with E-state index in [9.17, 15) is 0 Å². The topological polar surface area (TPSA) is 42.2 Å². The van der Waals surface area contributed by atoms with Crippen LogP contribution in [0.5, 0.6) is 0 Å². The summed E-state index contributed by atoms with van der Waals surface area (Å²) in [5, 5.41) is 4.21. The summed E-state index contributed by atoms with van der Waals surface area (Å²) < 4.78 is 5.57. The Balaban J connectivity index is 1.28. The van der Waals surface area contributed by atoms with E-state index < -0.39 is 0 Å². The van der Waals surface area contributed by atoms with Crippen molar-refractivity contribution in [3.8, 4) is 0 Å². The normalized spacial score (nSPS) is 20.4. The molecule has 0 spiro atoms. The summed E-state index contributed by atoms with van der Waals surface area (Å²) in [6.45, 7) is 0. The summed E-state index contributed by atoms with van der Waals surface area (Å²) in [5.74, 6) is 3.01. The molecule has 2 aromatic carbocycles. The van der Waals surface area contributed by atoms with Crippen molar-refractivity contribution in [1.29, 1.82) is 0 Å². The Morgan fingerprint density at radius 1 is 0.900 bits per heavy atom. The van der Waals surface area contributed by atoms with E-state index in [0.29, 0.717) is 17.9 Å². The first-order valence-corrected chi connectivity index (χ1v) is 11.3. The summed E-state index contributed by atoms with van der Waals surface area (Å²) in [4.78, 5) is 7.05. The molecule has 0 bridgehead atoms. The summed E-state index contributed by atoms with van der Waals surface area (Å²) >= 11 is 0. The molecule has 4 heteroatoms. The summed E-state index contributed by atoms with van der Waals surface area (Å²) in [6.07, 6.45) is 7.71. The van der Waals surface area contributed by atoms with Gasteiger partial charge in [0.05, 0.1) is 0 Å². The van der Waals surface area contributed by atoms with E-state index in [4.69, 9.17) is 4.52 Å². The van der Waals surface area contributed by atoms with E-state index in [2.05, 4.69) is 83.7 Å². The zero-order valence-electron chi connectivity index (χ0n) is 18.2. The number of hydrogen-bond acceptors (Lipinski definition) is 4. The third-order valence-corrected chi connectivity index (χ3v) is 6.49. The van der Waals surface area contributed by atoms with Crippen molar-refractivity contribution < 1.29 is 4.52 Å². The number of aromatic nitrogens is 2. The second-order valence-electron chi connectivity index (χ2n) is 8.89. The predicted molar refractivity (Wildman–Crippen MR) is 120 cm³/mol. The molecule has 1 aromatic heterocycles. The van der Waals surface area contributed by atoms with E-state index in [1.54, 1.807) is 0 Å². The van der Waals surface area contributed by atoms with Gasteiger partial charge in [0.15, 0.2) is 5.82 Å². The first-order chi connectivity index (χ1) is 14.7. The number of rotatable bonds is 8. The van der Waals surface area contributed by atoms with Crippen LogP contribution in [0.1, 0.15) is 54.6 Å². The van der Waals surface area contributed by atoms with Gasteiger partial charge in [-0.05, 0) is 69.2 Å². The van der Waals surface area contributed by atoms with Crippen molar-refractivity contribution in [3.05, 3.63) is 83.5 Å². The van der Waals surface area contributed by atoms with Gasteiger partial charge in [-0.25, -0.2) is 0 Å². The highest BCUT2D eigenvalue weighted by Gasteiger charge is 2.30. The Bertz CT molecular complexity index is 883. The van der Waals surface area contributed by atoms with Crippen molar-refractivity contribution in [2.24, 2.45) is 11.8 Å². The Hall–Kier alpha value is -2.46. The second-order valence-corrected chi connectivity index (χ2v) is 8.89. The van der Waals surface area contributed by atoms with E-state index in [1.807, 2.05) is 6.07 Å². The van der Waals surface area contributed by atoms with Crippen LogP contribution in [0.2, 0.25) is 0 Å². The standard InChI is InChI=1S/C26H33N3O/c1-29(2)26(22-11-7-4-8-12-22)23-16-13-21(14-17-23)19-25-27-24(28-30-25)18-15-20-9-5-3-6-10-20/h3-12,21,23,26H,13-19H2,1-2H3. The van der Waals surface area contributed by atoms with Gasteiger partial charge >= 0.3 is 0 Å². The fourth-order valence-corrected chi connectivity index (χ4v) is 4.97. The number of aryl methyl sites for hydroxylation is 2. The van der Waals surface area contributed by atoms with Gasteiger partial charge in [-0.15, -0.1) is 0 Å². The molecule has 1 saturated carbocycles. The number of nitrogens with zero attached hydrogens (tertiary/aromatic N) is 3. The lowest BCUT2D eigenvalue weighted by Gasteiger charge is -2.37. The molecule has 1 aliphatic rings. The molecule has 0 N–H and O–H groups in total. The molecule has 0 amide bonds. The molecule has 0 saturated heterocycles. The zero-order valence-corrected chi connectivity index (χ0v) is 18.2. The maximum absolute atomic E-state index is 5.57. The van der Waals surface area contributed by atoms with Crippen LogP contribution >= 0.6 is 0 Å². The van der Waals surface area contributed by atoms with Crippen LogP contribution in [0.3, 0.4) is 0 Å². The molecule has 1 aliphatic carbocycles. The maximum Gasteiger partial charge on any atom is 0.226 e. The second kappa shape index (κ2) is 10.0. The Morgan fingerprint density at radius 2 is 1.57 bits per heavy atom. The molecule has 4 rings (SSSR count). The Kier molecular flexibility index (Phi) is 6.96. The first-order valence-electron chi connectivity index (χ1n) is 11.3. The lowest BCUT2D eigenvalue weighted by Crippen LogP contribution is -2.30. The monoisotopic (exact) mass is 403 g/mol. The Labute approximate surface area is 180 Å². The van der Waals surface area contributed by atoms with Crippen LogP contribution in [0.4, 0.5) is 0 Å². The van der Waals surface area contributed by atoms with E-state index in [1.165, 1.54) is 36.8 Å². The third-order valence-electron chi connectivity index (χ3n) is 6.49. The van der Waals surface area contributed by atoms with Crippen molar-refractivity contribution in [2.45, 2.75) is 51.0 Å². The highest BCUT2D eigenvalue weighted by Crippen LogP contribution is 2.40. The van der Waals surface area contributed by atoms with Gasteiger partial charge in [0.25, 0.3) is 0 Å². The van der Waals surface area contributed by atoms with E-state index in [0.717, 1.165) is 31.0 Å². The molecule has 0 aliphatic heterocycles. The highest BCUT2D eigenvalue weighted by atomic mass is 16.5. The van der Waals surface area contributed by atoms with Gasteiger partial charge < -0.3 is 9.42 Å². The quantitative estimate of drug-likeness (QED) is 0.497. The fraction of sp³-hybridized carbons (Fsp3) is 0.462. The van der Waals surface area contributed by atoms with Crippen LogP contribution in [-0.4, -0.2) is 29.1 Å². The molecular formula is C26H33N3O. The maximum atomic E-state index is 5.57. The van der Waals surface area contributed by atoms with Crippen LogP contribution in [0.25, 0.3) is 0 Å². The molecule has 1 heterocycles. The van der Waals surface area contributed by atoms with Crippen LogP contribution in [0, 0.1) is 11.8 Å². The summed E-state index contributed by atoms with van der Waals surface area (Å²) in [7, 11) is 4.42. The van der Waals surface area contributed by atoms with Gasteiger partial charge in [0.2, 0.25) is 5.89 Å². The van der Waals surface area contributed by atoms with Crippen LogP contribution in [-0.2, 0) is 19.3 Å². The molecule has 0 radical (unpaired) electrons. The minimum atomic E-state index is 0.500. The molecule has 1 atom stereocenters. The van der Waals surface area contributed by atoms with Crippen LogP contribution < -0.4 is 0 Å². The van der Waals surface area contributed by atoms with Gasteiger partial charge in [-0.2, -0.15) is 4.98 Å². The van der Waals surface area contributed by atoms with E-state index in [-0.39, 0.29) is 0 Å². The smallest absolute Gasteiger partial charge is 0.226 e. The lowest BCUT2D eigenvalue weighted by molar-refractivity contribution is 0.146. The van der Waals surface area contributed by atoms with Crippen molar-refractivity contribution in [3.63, 3.8) is 0 Å². The summed E-state index contributed by atoms with van der Waals surface area (Å²) in [5.41, 5.74) is 2.75. The van der Waals surface area contributed by atoms with Gasteiger partial charge in [0, 0.05) is 18.9 Å². The average molecular weight is 404 g/mol. The van der Waals surface area contributed by atoms with Crippen molar-refractivity contribution in [2.75, 3.05) is 14.1 Å². The fourth-order valence-electron chi connectivity index (χ4n) is 4.97. The van der Waals surface area contributed by atoms with Gasteiger partial charge in [-0.1, -0.05) is 65.8 Å². The average Bonchev–Trinajstić information content (AvgIpc) is 3.22. The van der Waals surface area contributed by atoms with Crippen molar-refractivity contribution in [1.82, 2.24) is 15.0 Å². The van der Waals surface area contributed by atoms with Crippen molar-refractivity contribution >= 4 is 0 Å². The molecule has 3 aromatic rings. The molecular weight excluding hydrogens is 370 g/mol. The lowest BCUT2D eigenvalue weighted by atomic mass is 9.75. The highest BCUT2D eigenvalue weighted by molar-refractivity contribution is 5.20. The molecule has 30 heavy (non-hydrogen) atoms. The zero-order chi connectivity index (χ0) is 20.8. The minimum Gasteiger partial charge on any atom is -0.339 e. The molecule has 1 fully saturated rings. The summed E-state index contributed by atoms with van der Waals surface area (Å²) in [6, 6.07) is 21.9. The molecule has 158 valence electrons. The third kappa shape index (κ3) is 5.37. The number of benzene rings is 2. The SMILES string of the molecule is CN(C)C(c1ccccc1)C1CCC(Cc2nc(CCc3ccccc3)no2)CC1. The Morgan fingerprint density at radius 3 is 2.23 bits per heavy atom. The predicted octanol–water partition coefficient (Wildman–Crippen LogP) is 5.51. The van der Waals surface area contributed by atoms with Crippen LogP contribution in [0.15, 0.2) is 65.2 Å². The molecule has 4 nitrogen and oxygen atoms in total. The van der Waals surface area contributed by atoms with Gasteiger partial charge in [0.1, 0.15) is 0 Å². The number of hydrogen-bond donors (Lipinski definition) is 0. The largest absolute Gasteiger partial charge is 0.339 e. The minimum absolute atomic E-state index is 0.500. The first kappa shape index (κ1) is 20.8. The van der Waals surface area contributed by atoms with E-state index >= 15 is 0 Å². The van der Waals surface area contributed by atoms with Gasteiger partial charge in [-0.3, -0.25) is 0 Å².